The molecule has 1 aromatic rings. The predicted octanol–water partition coefficient (Wildman–Crippen LogP) is 4.37. The smallest absolute Gasteiger partial charge is 0.345 e. The molecule has 4 aliphatic carbocycles. The summed E-state index contributed by atoms with van der Waals surface area (Å²) < 4.78 is 38.4. The minimum Gasteiger partial charge on any atom is -0.345 e. The number of carbonyl (C=O) groups excluding carboxylic acids is 2. The molecule has 0 aliphatic heterocycles. The summed E-state index contributed by atoms with van der Waals surface area (Å²) in [6.07, 6.45) is 2.64. The molecule has 4 bridgehead atoms. The van der Waals surface area contributed by atoms with Gasteiger partial charge in [0.1, 0.15) is 0 Å². The molecule has 0 saturated heterocycles. The van der Waals surface area contributed by atoms with Crippen LogP contribution in [0.25, 0.3) is 0 Å². The Morgan fingerprint density at radius 2 is 1.61 bits per heavy atom. The molecule has 0 radical (unpaired) electrons. The summed E-state index contributed by atoms with van der Waals surface area (Å²) in [6, 6.07) is 4.16. The van der Waals surface area contributed by atoms with E-state index in [1.165, 1.54) is 31.4 Å². The van der Waals surface area contributed by atoms with Crippen LogP contribution in [-0.4, -0.2) is 17.9 Å². The van der Waals surface area contributed by atoms with Crippen molar-refractivity contribution in [2.75, 3.05) is 5.32 Å². The van der Waals surface area contributed by atoms with Crippen molar-refractivity contribution in [3.8, 4) is 0 Å². The Labute approximate surface area is 162 Å². The van der Waals surface area contributed by atoms with E-state index >= 15 is 0 Å². The molecule has 28 heavy (non-hydrogen) atoms. The van der Waals surface area contributed by atoms with Crippen molar-refractivity contribution in [1.82, 2.24) is 5.32 Å². The minimum absolute atomic E-state index is 0.0440. The van der Waals surface area contributed by atoms with E-state index in [1.807, 2.05) is 6.92 Å². The predicted molar refractivity (Wildman–Crippen MR) is 98.3 cm³/mol. The van der Waals surface area contributed by atoms with Crippen molar-refractivity contribution in [2.24, 2.45) is 23.2 Å². The Balaban J connectivity index is 1.39. The van der Waals surface area contributed by atoms with Crippen molar-refractivity contribution in [3.05, 3.63) is 29.8 Å². The van der Waals surface area contributed by atoms with E-state index in [9.17, 15) is 22.8 Å². The molecule has 7 heteroatoms. The Morgan fingerprint density at radius 1 is 1.04 bits per heavy atom. The van der Waals surface area contributed by atoms with Gasteiger partial charge in [0, 0.05) is 11.7 Å². The molecule has 5 rings (SSSR count). The van der Waals surface area contributed by atoms with Crippen LogP contribution < -0.4 is 10.6 Å². The van der Waals surface area contributed by atoms with Gasteiger partial charge in [-0.25, -0.2) is 0 Å². The molecular weight excluding hydrogens is 369 g/mol. The number of carbonyl (C=O) groups is 2. The summed E-state index contributed by atoms with van der Waals surface area (Å²) in [4.78, 5) is 24.6. The average molecular weight is 394 g/mol. The van der Waals surface area contributed by atoms with E-state index in [-0.39, 0.29) is 17.1 Å². The van der Waals surface area contributed by atoms with Gasteiger partial charge >= 0.3 is 18.0 Å². The second-order valence-electron chi connectivity index (χ2n) is 9.01. The van der Waals surface area contributed by atoms with Crippen LogP contribution in [0.3, 0.4) is 0 Å². The summed E-state index contributed by atoms with van der Waals surface area (Å²) in [5, 5.41) is 5.11. The Bertz CT molecular complexity index is 755. The standard InChI is InChI=1S/C21H25F3N2O2/c1-12(20-9-13-5-14(10-20)7-15(6-13)11-20)25-18(27)19(28)26-17-4-2-3-16(8-17)21(22,23)24/h2-4,8,12-15H,5-7,9-11H2,1H3,(H,25,27)(H,26,28). The molecule has 1 unspecified atom stereocenters. The van der Waals surface area contributed by atoms with E-state index in [0.29, 0.717) is 0 Å². The van der Waals surface area contributed by atoms with Crippen LogP contribution in [0, 0.1) is 23.2 Å². The number of halogens is 3. The molecule has 0 aromatic heterocycles. The molecule has 1 aromatic carbocycles. The number of hydrogen-bond donors (Lipinski definition) is 2. The van der Waals surface area contributed by atoms with Crippen LogP contribution in [0.15, 0.2) is 24.3 Å². The van der Waals surface area contributed by atoms with Crippen molar-refractivity contribution in [1.29, 1.82) is 0 Å². The third-order valence-electron chi connectivity index (χ3n) is 7.01. The molecule has 4 saturated carbocycles. The first-order valence-corrected chi connectivity index (χ1v) is 9.94. The van der Waals surface area contributed by atoms with E-state index in [1.54, 1.807) is 0 Å². The highest BCUT2D eigenvalue weighted by Crippen LogP contribution is 2.61. The van der Waals surface area contributed by atoms with Gasteiger partial charge in [-0.1, -0.05) is 6.07 Å². The molecular formula is C21H25F3N2O2. The van der Waals surface area contributed by atoms with Gasteiger partial charge in [0.15, 0.2) is 0 Å². The Morgan fingerprint density at radius 3 is 2.14 bits per heavy atom. The fourth-order valence-corrected chi connectivity index (χ4v) is 6.08. The van der Waals surface area contributed by atoms with Gasteiger partial charge in [-0.3, -0.25) is 9.59 Å². The first kappa shape index (κ1) is 19.3. The summed E-state index contributed by atoms with van der Waals surface area (Å²) in [5.41, 5.74) is -0.856. The van der Waals surface area contributed by atoms with Crippen LogP contribution in [0.4, 0.5) is 18.9 Å². The maximum absolute atomic E-state index is 12.8. The third-order valence-corrected chi connectivity index (χ3v) is 7.01. The molecule has 4 fully saturated rings. The minimum atomic E-state index is -4.50. The summed E-state index contributed by atoms with van der Waals surface area (Å²) in [6.45, 7) is 1.96. The Kier molecular flexibility index (Phi) is 4.67. The fourth-order valence-electron chi connectivity index (χ4n) is 6.08. The number of hydrogen-bond acceptors (Lipinski definition) is 2. The van der Waals surface area contributed by atoms with Gasteiger partial charge in [0.05, 0.1) is 5.56 Å². The highest BCUT2D eigenvalue weighted by Gasteiger charge is 2.53. The lowest BCUT2D eigenvalue weighted by molar-refractivity contribution is -0.138. The maximum Gasteiger partial charge on any atom is 0.416 e. The summed E-state index contributed by atoms with van der Waals surface area (Å²) in [5.74, 6) is 0.454. The first-order chi connectivity index (χ1) is 13.1. The van der Waals surface area contributed by atoms with Crippen LogP contribution in [-0.2, 0) is 15.8 Å². The van der Waals surface area contributed by atoms with E-state index < -0.39 is 23.6 Å². The van der Waals surface area contributed by atoms with E-state index in [2.05, 4.69) is 10.6 Å². The highest BCUT2D eigenvalue weighted by atomic mass is 19.4. The van der Waals surface area contributed by atoms with Gasteiger partial charge in [-0.2, -0.15) is 13.2 Å². The van der Waals surface area contributed by atoms with Crippen molar-refractivity contribution >= 4 is 17.5 Å². The Hall–Kier alpha value is -2.05. The van der Waals surface area contributed by atoms with Gasteiger partial charge in [-0.05, 0) is 86.8 Å². The monoisotopic (exact) mass is 394 g/mol. The van der Waals surface area contributed by atoms with Crippen LogP contribution >= 0.6 is 0 Å². The lowest BCUT2D eigenvalue weighted by Crippen LogP contribution is -2.57. The second-order valence-corrected chi connectivity index (χ2v) is 9.01. The largest absolute Gasteiger partial charge is 0.416 e. The molecule has 0 heterocycles. The van der Waals surface area contributed by atoms with Crippen LogP contribution in [0.2, 0.25) is 0 Å². The number of benzene rings is 1. The SMILES string of the molecule is CC(NC(=O)C(=O)Nc1cccc(C(F)(F)F)c1)C12CC3CC(CC(C3)C1)C2. The summed E-state index contributed by atoms with van der Waals surface area (Å²) in [7, 11) is 0. The number of amides is 2. The summed E-state index contributed by atoms with van der Waals surface area (Å²) >= 11 is 0. The number of alkyl halides is 3. The van der Waals surface area contributed by atoms with Gasteiger partial charge in [0.25, 0.3) is 0 Å². The van der Waals surface area contributed by atoms with Crippen molar-refractivity contribution in [2.45, 2.75) is 57.7 Å². The first-order valence-electron chi connectivity index (χ1n) is 9.94. The van der Waals surface area contributed by atoms with Gasteiger partial charge < -0.3 is 10.6 Å². The fraction of sp³-hybridized carbons (Fsp3) is 0.619. The van der Waals surface area contributed by atoms with E-state index in [4.69, 9.17) is 0 Å². The number of nitrogens with one attached hydrogen (secondary N) is 2. The maximum atomic E-state index is 12.8. The second kappa shape index (κ2) is 6.78. The zero-order chi connectivity index (χ0) is 20.1. The lowest BCUT2D eigenvalue weighted by Gasteiger charge is -2.59. The molecule has 1 atom stereocenters. The number of rotatable bonds is 3. The zero-order valence-corrected chi connectivity index (χ0v) is 15.8. The van der Waals surface area contributed by atoms with E-state index in [0.717, 1.165) is 49.1 Å². The van der Waals surface area contributed by atoms with Crippen molar-refractivity contribution < 1.29 is 22.8 Å². The topological polar surface area (TPSA) is 58.2 Å². The molecule has 2 N–H and O–H groups in total. The molecule has 4 nitrogen and oxygen atoms in total. The number of anilines is 1. The molecule has 152 valence electrons. The van der Waals surface area contributed by atoms with Crippen LogP contribution in [0.1, 0.15) is 51.0 Å². The normalized spacial score (nSPS) is 32.1. The van der Waals surface area contributed by atoms with Gasteiger partial charge in [0.2, 0.25) is 0 Å². The molecule has 4 aliphatic rings. The quantitative estimate of drug-likeness (QED) is 0.748. The van der Waals surface area contributed by atoms with Crippen LogP contribution in [0.5, 0.6) is 0 Å². The zero-order valence-electron chi connectivity index (χ0n) is 15.8. The molecule has 2 amide bonds. The van der Waals surface area contributed by atoms with Crippen molar-refractivity contribution in [3.63, 3.8) is 0 Å². The lowest BCUT2D eigenvalue weighted by atomic mass is 9.48. The molecule has 0 spiro atoms. The highest BCUT2D eigenvalue weighted by molar-refractivity contribution is 6.39. The third kappa shape index (κ3) is 3.63. The average Bonchev–Trinajstić information content (AvgIpc) is 2.60. The van der Waals surface area contributed by atoms with Gasteiger partial charge in [-0.15, -0.1) is 0 Å².